The molecule has 0 aromatic rings. The Morgan fingerprint density at radius 1 is 1.44 bits per heavy atom. The Kier molecular flexibility index (Phi) is 9.21. The summed E-state index contributed by atoms with van der Waals surface area (Å²) < 4.78 is 35.9. The first-order chi connectivity index (χ1) is 8.41. The van der Waals surface area contributed by atoms with Crippen molar-refractivity contribution in [2.75, 3.05) is 18.6 Å². The summed E-state index contributed by atoms with van der Waals surface area (Å²) in [6.45, 7) is 2.19. The summed E-state index contributed by atoms with van der Waals surface area (Å²) in [6.07, 6.45) is 3.44. The molecule has 0 fully saturated rings. The maximum atomic E-state index is 11.3. The Morgan fingerprint density at radius 2 is 2.11 bits per heavy atom. The minimum atomic E-state index is -4.29. The number of amides is 1. The van der Waals surface area contributed by atoms with Gasteiger partial charge in [-0.3, -0.25) is 4.55 Å². The lowest BCUT2D eigenvalue weighted by atomic mass is 10.3. The van der Waals surface area contributed by atoms with Crippen molar-refractivity contribution in [3.8, 4) is 0 Å². The first-order valence-corrected chi connectivity index (χ1v) is 8.70. The topological polar surface area (TPSA) is 92.7 Å². The highest BCUT2D eigenvalue weighted by molar-refractivity contribution is 7.98. The third-order valence-corrected chi connectivity index (χ3v) is 3.95. The first kappa shape index (κ1) is 17.5. The van der Waals surface area contributed by atoms with Gasteiger partial charge in [0.05, 0.1) is 6.61 Å². The van der Waals surface area contributed by atoms with Crippen molar-refractivity contribution in [1.29, 1.82) is 0 Å². The second kappa shape index (κ2) is 9.46. The number of ether oxygens (including phenoxy) is 1. The van der Waals surface area contributed by atoms with Crippen LogP contribution < -0.4 is 5.32 Å². The lowest BCUT2D eigenvalue weighted by Crippen LogP contribution is -2.41. The summed E-state index contributed by atoms with van der Waals surface area (Å²) in [6, 6.07) is 0. The van der Waals surface area contributed by atoms with E-state index in [2.05, 4.69) is 5.32 Å². The summed E-state index contributed by atoms with van der Waals surface area (Å²) in [5.74, 6) is 0.762. The van der Waals surface area contributed by atoms with Gasteiger partial charge in [-0.2, -0.15) is 20.2 Å². The van der Waals surface area contributed by atoms with Gasteiger partial charge >= 0.3 is 6.09 Å². The SMILES string of the molecule is CCCCOC(=O)NC(CCCSC)S(=O)(=O)O. The zero-order chi connectivity index (χ0) is 14.0. The molecule has 0 aromatic carbocycles. The summed E-state index contributed by atoms with van der Waals surface area (Å²) in [5.41, 5.74) is 0. The Balaban J connectivity index is 4.19. The molecule has 6 nitrogen and oxygen atoms in total. The van der Waals surface area contributed by atoms with Gasteiger partial charge in [0, 0.05) is 0 Å². The van der Waals surface area contributed by atoms with Gasteiger partial charge in [0.1, 0.15) is 0 Å². The van der Waals surface area contributed by atoms with E-state index in [9.17, 15) is 13.2 Å². The van der Waals surface area contributed by atoms with E-state index < -0.39 is 21.6 Å². The van der Waals surface area contributed by atoms with Crippen LogP contribution in [0, 0.1) is 0 Å². The quantitative estimate of drug-likeness (QED) is 0.499. The van der Waals surface area contributed by atoms with E-state index >= 15 is 0 Å². The Bertz CT molecular complexity index is 331. The van der Waals surface area contributed by atoms with Gasteiger partial charge in [-0.05, 0) is 31.3 Å². The molecule has 0 saturated heterocycles. The molecule has 0 bridgehead atoms. The average molecular weight is 299 g/mol. The monoisotopic (exact) mass is 299 g/mol. The van der Waals surface area contributed by atoms with Crippen molar-refractivity contribution in [3.05, 3.63) is 0 Å². The molecule has 0 saturated carbocycles. The molecule has 0 aliphatic rings. The van der Waals surface area contributed by atoms with Crippen LogP contribution in [0.3, 0.4) is 0 Å². The Morgan fingerprint density at radius 3 is 2.61 bits per heavy atom. The van der Waals surface area contributed by atoms with Crippen LogP contribution >= 0.6 is 11.8 Å². The molecule has 0 aromatic heterocycles. The number of rotatable bonds is 9. The zero-order valence-corrected chi connectivity index (χ0v) is 12.3. The van der Waals surface area contributed by atoms with Gasteiger partial charge in [-0.1, -0.05) is 13.3 Å². The van der Waals surface area contributed by atoms with Crippen LogP contribution in [0.2, 0.25) is 0 Å². The maximum absolute atomic E-state index is 11.3. The fourth-order valence-electron chi connectivity index (χ4n) is 1.19. The largest absolute Gasteiger partial charge is 0.450 e. The molecule has 0 heterocycles. The molecule has 108 valence electrons. The highest BCUT2D eigenvalue weighted by atomic mass is 32.2. The van der Waals surface area contributed by atoms with Crippen molar-refractivity contribution < 1.29 is 22.5 Å². The predicted molar refractivity (Wildman–Crippen MR) is 72.3 cm³/mol. The van der Waals surface area contributed by atoms with E-state index in [0.29, 0.717) is 6.42 Å². The van der Waals surface area contributed by atoms with E-state index in [0.717, 1.165) is 18.6 Å². The molecule has 0 rings (SSSR count). The number of thioether (sulfide) groups is 1. The Labute approximate surface area is 113 Å². The maximum Gasteiger partial charge on any atom is 0.408 e. The second-order valence-electron chi connectivity index (χ2n) is 3.77. The van der Waals surface area contributed by atoms with E-state index in [1.807, 2.05) is 13.2 Å². The van der Waals surface area contributed by atoms with Crippen LogP contribution in [0.1, 0.15) is 32.6 Å². The van der Waals surface area contributed by atoms with Crippen molar-refractivity contribution in [2.24, 2.45) is 0 Å². The van der Waals surface area contributed by atoms with Gasteiger partial charge in [0.25, 0.3) is 10.1 Å². The van der Waals surface area contributed by atoms with Crippen molar-refractivity contribution >= 4 is 28.0 Å². The molecule has 18 heavy (non-hydrogen) atoms. The number of carbonyl (C=O) groups is 1. The molecule has 0 aliphatic carbocycles. The molecule has 1 amide bonds. The van der Waals surface area contributed by atoms with Crippen molar-refractivity contribution in [2.45, 2.75) is 38.0 Å². The highest BCUT2D eigenvalue weighted by Crippen LogP contribution is 2.08. The first-order valence-electron chi connectivity index (χ1n) is 5.80. The van der Waals surface area contributed by atoms with E-state index in [-0.39, 0.29) is 13.0 Å². The summed E-state index contributed by atoms with van der Waals surface area (Å²) in [4.78, 5) is 11.3. The lowest BCUT2D eigenvalue weighted by Gasteiger charge is -2.15. The van der Waals surface area contributed by atoms with E-state index in [4.69, 9.17) is 9.29 Å². The standard InChI is InChI=1S/C10H21NO5S2/c1-3-4-7-16-10(12)11-9(18(13,14)15)6-5-8-17-2/h9H,3-8H2,1-2H3,(H,11,12)(H,13,14,15). The van der Waals surface area contributed by atoms with Crippen LogP contribution in [0.15, 0.2) is 0 Å². The minimum Gasteiger partial charge on any atom is -0.450 e. The average Bonchev–Trinajstić information content (AvgIpc) is 2.27. The second-order valence-corrected chi connectivity index (χ2v) is 6.36. The van der Waals surface area contributed by atoms with E-state index in [1.165, 1.54) is 0 Å². The van der Waals surface area contributed by atoms with Crippen LogP contribution in [0.4, 0.5) is 4.79 Å². The molecule has 0 radical (unpaired) electrons. The number of hydrogen-bond acceptors (Lipinski definition) is 5. The van der Waals surface area contributed by atoms with Gasteiger partial charge < -0.3 is 10.1 Å². The molecule has 0 spiro atoms. The fourth-order valence-corrected chi connectivity index (χ4v) is 2.36. The number of unbranched alkanes of at least 4 members (excludes halogenated alkanes) is 1. The van der Waals surface area contributed by atoms with Gasteiger partial charge in [-0.15, -0.1) is 0 Å². The van der Waals surface area contributed by atoms with Crippen LogP contribution in [-0.4, -0.2) is 43.1 Å². The number of hydrogen-bond donors (Lipinski definition) is 2. The molecule has 1 unspecified atom stereocenters. The molecule has 0 aliphatic heterocycles. The summed E-state index contributed by atoms with van der Waals surface area (Å²) >= 11 is 1.57. The number of carbonyl (C=O) groups excluding carboxylic acids is 1. The molecule has 2 N–H and O–H groups in total. The molecular weight excluding hydrogens is 278 g/mol. The zero-order valence-electron chi connectivity index (χ0n) is 10.7. The normalized spacial score (nSPS) is 13.1. The Hall–Kier alpha value is -0.470. The van der Waals surface area contributed by atoms with Gasteiger partial charge in [0.2, 0.25) is 0 Å². The summed E-state index contributed by atoms with van der Waals surface area (Å²) in [7, 11) is -4.29. The predicted octanol–water partition coefficient (Wildman–Crippen LogP) is 1.87. The minimum absolute atomic E-state index is 0.169. The van der Waals surface area contributed by atoms with Crippen LogP contribution in [-0.2, 0) is 14.9 Å². The third-order valence-electron chi connectivity index (χ3n) is 2.18. The fraction of sp³-hybridized carbons (Fsp3) is 0.900. The number of alkyl carbamates (subject to hydrolysis) is 1. The molecule has 8 heteroatoms. The van der Waals surface area contributed by atoms with Crippen LogP contribution in [0.5, 0.6) is 0 Å². The third kappa shape index (κ3) is 8.60. The molecular formula is C10H21NO5S2. The van der Waals surface area contributed by atoms with E-state index in [1.54, 1.807) is 11.8 Å². The smallest absolute Gasteiger partial charge is 0.408 e. The molecule has 1 atom stereocenters. The van der Waals surface area contributed by atoms with Crippen LogP contribution in [0.25, 0.3) is 0 Å². The van der Waals surface area contributed by atoms with Crippen molar-refractivity contribution in [1.82, 2.24) is 5.32 Å². The number of nitrogens with one attached hydrogen (secondary N) is 1. The summed E-state index contributed by atoms with van der Waals surface area (Å²) in [5, 5.41) is 0.874. The highest BCUT2D eigenvalue weighted by Gasteiger charge is 2.24. The van der Waals surface area contributed by atoms with Gasteiger partial charge in [0.15, 0.2) is 5.37 Å². The lowest BCUT2D eigenvalue weighted by molar-refractivity contribution is 0.142. The van der Waals surface area contributed by atoms with Gasteiger partial charge in [-0.25, -0.2) is 4.79 Å². The van der Waals surface area contributed by atoms with Crippen molar-refractivity contribution in [3.63, 3.8) is 0 Å².